The van der Waals surface area contributed by atoms with Crippen molar-refractivity contribution in [2.24, 2.45) is 5.92 Å². The first-order chi connectivity index (χ1) is 4.02. The predicted molar refractivity (Wildman–Crippen MR) is 48.8 cm³/mol. The van der Waals surface area contributed by atoms with E-state index < -0.39 is 3.24 Å². The van der Waals surface area contributed by atoms with E-state index >= 15 is 0 Å². The topological polar surface area (TPSA) is 0 Å². The Hall–Kier alpha value is 1.54. The molecule has 0 heterocycles. The second kappa shape index (κ2) is 2.88. The summed E-state index contributed by atoms with van der Waals surface area (Å²) < 4.78 is -0.784. The van der Waals surface area contributed by atoms with Gasteiger partial charge in [0.05, 0.1) is 4.83 Å². The van der Waals surface area contributed by atoms with Crippen molar-refractivity contribution in [2.45, 2.75) is 20.9 Å². The molecule has 0 aliphatic heterocycles. The van der Waals surface area contributed by atoms with E-state index in [4.69, 9.17) is 23.2 Å². The first-order valence-corrected chi connectivity index (χ1v) is 5.19. The summed E-state index contributed by atoms with van der Waals surface area (Å²) in [6.07, 6.45) is 2.48. The summed E-state index contributed by atoms with van der Waals surface area (Å²) in [5, 5.41) is 0. The predicted octanol–water partition coefficient (Wildman–Crippen LogP) is 3.69. The molecule has 0 N–H and O–H groups in total. The molecule has 0 aromatic rings. The van der Waals surface area contributed by atoms with E-state index in [9.17, 15) is 0 Å². The molecule has 1 aliphatic carbocycles. The summed E-state index contributed by atoms with van der Waals surface area (Å²) in [4.78, 5) is 0.188. The lowest BCUT2D eigenvalue weighted by atomic mass is 10.3. The highest BCUT2D eigenvalue weighted by Gasteiger charge is 2.41. The van der Waals surface area contributed by atoms with Crippen LogP contribution in [-0.2, 0) is 0 Å². The Morgan fingerprint density at radius 1 is 1.44 bits per heavy atom. The van der Waals surface area contributed by atoms with Crippen LogP contribution >= 0.6 is 55.1 Å². The first-order valence-electron chi connectivity index (χ1n) is 2.72. The van der Waals surface area contributed by atoms with E-state index in [1.54, 1.807) is 0 Å². The number of rotatable bonds is 2. The number of halogens is 4. The third kappa shape index (κ3) is 2.57. The van der Waals surface area contributed by atoms with Crippen LogP contribution in [0.4, 0.5) is 0 Å². The summed E-state index contributed by atoms with van der Waals surface area (Å²) >= 11 is 18.1. The van der Waals surface area contributed by atoms with Crippen molar-refractivity contribution in [1.82, 2.24) is 0 Å². The van der Waals surface area contributed by atoms with Gasteiger partial charge >= 0.3 is 0 Å². The van der Waals surface area contributed by atoms with Gasteiger partial charge in [-0.05, 0) is 34.7 Å². The normalized spacial score (nSPS) is 24.0. The quantitative estimate of drug-likeness (QED) is 0.682. The Balaban J connectivity index is 2.40. The van der Waals surface area contributed by atoms with Crippen LogP contribution in [0.15, 0.2) is 0 Å². The van der Waals surface area contributed by atoms with Crippen LogP contribution in [-0.4, -0.2) is 8.07 Å². The molecular weight excluding hydrogens is 291 g/mol. The zero-order valence-electron chi connectivity index (χ0n) is 4.58. The van der Waals surface area contributed by atoms with Gasteiger partial charge in [0.25, 0.3) is 0 Å². The Kier molecular flexibility index (Phi) is 2.76. The van der Waals surface area contributed by atoms with Crippen molar-refractivity contribution in [3.8, 4) is 0 Å². The minimum Gasteiger partial charge on any atom is -0.0875 e. The molecule has 0 aromatic heterocycles. The van der Waals surface area contributed by atoms with Gasteiger partial charge in [-0.3, -0.25) is 0 Å². The van der Waals surface area contributed by atoms with Gasteiger partial charge in [-0.25, -0.2) is 0 Å². The van der Waals surface area contributed by atoms with Crippen molar-refractivity contribution in [2.75, 3.05) is 0 Å². The van der Waals surface area contributed by atoms with Crippen LogP contribution in [0.1, 0.15) is 12.8 Å². The lowest BCUT2D eigenvalue weighted by Gasteiger charge is -2.17. The molecule has 0 spiro atoms. The van der Waals surface area contributed by atoms with Crippen molar-refractivity contribution >= 4 is 55.1 Å². The van der Waals surface area contributed by atoms with Gasteiger partial charge in [-0.2, -0.15) is 0 Å². The van der Waals surface area contributed by atoms with Crippen LogP contribution in [0.5, 0.6) is 0 Å². The average molecular weight is 297 g/mol. The van der Waals surface area contributed by atoms with Gasteiger partial charge in [-0.1, -0.05) is 39.1 Å². The molecule has 1 fully saturated rings. The van der Waals surface area contributed by atoms with Crippen LogP contribution in [0.2, 0.25) is 0 Å². The summed E-state index contributed by atoms with van der Waals surface area (Å²) in [6, 6.07) is 0. The monoisotopic (exact) mass is 294 g/mol. The molecule has 0 amide bonds. The number of hydrogen-bond donors (Lipinski definition) is 0. The lowest BCUT2D eigenvalue weighted by Crippen LogP contribution is -2.19. The minimum atomic E-state index is -0.784. The SMILES string of the molecule is ClC(Cl)(Br)C(Br)C1CC1. The summed E-state index contributed by atoms with van der Waals surface area (Å²) in [5.41, 5.74) is 0. The van der Waals surface area contributed by atoms with E-state index in [2.05, 4.69) is 31.9 Å². The van der Waals surface area contributed by atoms with E-state index in [0.717, 1.165) is 0 Å². The van der Waals surface area contributed by atoms with Gasteiger partial charge in [0.1, 0.15) is 0 Å². The highest BCUT2D eigenvalue weighted by atomic mass is 79.9. The molecule has 0 radical (unpaired) electrons. The minimum absolute atomic E-state index is 0.188. The second-order valence-electron chi connectivity index (χ2n) is 2.28. The largest absolute Gasteiger partial charge is 0.184 e. The summed E-state index contributed by atoms with van der Waals surface area (Å²) in [7, 11) is 0. The smallest absolute Gasteiger partial charge is 0.0875 e. The van der Waals surface area contributed by atoms with Gasteiger partial charge in [0.15, 0.2) is 3.24 Å². The molecule has 1 atom stereocenters. The third-order valence-corrected chi connectivity index (χ3v) is 4.89. The van der Waals surface area contributed by atoms with Gasteiger partial charge in [0.2, 0.25) is 0 Å². The fraction of sp³-hybridized carbons (Fsp3) is 1.00. The van der Waals surface area contributed by atoms with Crippen molar-refractivity contribution < 1.29 is 0 Å². The highest BCUT2D eigenvalue weighted by molar-refractivity contribution is 9.13. The Labute approximate surface area is 81.5 Å². The number of hydrogen-bond acceptors (Lipinski definition) is 0. The van der Waals surface area contributed by atoms with Crippen molar-refractivity contribution in [3.63, 3.8) is 0 Å². The molecule has 0 nitrogen and oxygen atoms in total. The van der Waals surface area contributed by atoms with Gasteiger partial charge in [0, 0.05) is 0 Å². The van der Waals surface area contributed by atoms with E-state index in [1.807, 2.05) is 0 Å². The Morgan fingerprint density at radius 3 is 2.00 bits per heavy atom. The van der Waals surface area contributed by atoms with Crippen LogP contribution < -0.4 is 0 Å². The second-order valence-corrected chi connectivity index (χ2v) is 6.82. The standard InChI is InChI=1S/C5H6Br2Cl2/c6-4(3-1-2-3)5(7,8)9/h3-4H,1-2H2. The Morgan fingerprint density at radius 2 is 1.89 bits per heavy atom. The van der Waals surface area contributed by atoms with E-state index in [1.165, 1.54) is 12.8 Å². The molecule has 0 aromatic carbocycles. The maximum absolute atomic E-state index is 5.75. The number of alkyl halides is 4. The third-order valence-electron chi connectivity index (χ3n) is 1.35. The van der Waals surface area contributed by atoms with Crippen LogP contribution in [0.25, 0.3) is 0 Å². The molecule has 0 bridgehead atoms. The van der Waals surface area contributed by atoms with E-state index in [-0.39, 0.29) is 4.83 Å². The molecular formula is C5H6Br2Cl2. The van der Waals surface area contributed by atoms with Gasteiger partial charge in [-0.15, -0.1) is 0 Å². The first kappa shape index (κ1) is 8.63. The summed E-state index contributed by atoms with van der Waals surface area (Å²) in [5.74, 6) is 0.666. The zero-order chi connectivity index (χ0) is 7.07. The summed E-state index contributed by atoms with van der Waals surface area (Å²) in [6.45, 7) is 0. The Bertz CT molecular complexity index is 106. The zero-order valence-corrected chi connectivity index (χ0v) is 9.26. The van der Waals surface area contributed by atoms with Crippen LogP contribution in [0, 0.1) is 5.92 Å². The highest BCUT2D eigenvalue weighted by Crippen LogP contribution is 2.48. The molecule has 1 unspecified atom stereocenters. The average Bonchev–Trinajstić information content (AvgIpc) is 2.40. The molecule has 4 heteroatoms. The maximum atomic E-state index is 5.75. The molecule has 0 saturated heterocycles. The van der Waals surface area contributed by atoms with Gasteiger partial charge < -0.3 is 0 Å². The fourth-order valence-corrected chi connectivity index (χ4v) is 1.91. The molecule has 1 saturated carbocycles. The molecule has 1 aliphatic rings. The molecule has 54 valence electrons. The molecule has 9 heavy (non-hydrogen) atoms. The van der Waals surface area contributed by atoms with Crippen molar-refractivity contribution in [3.05, 3.63) is 0 Å². The maximum Gasteiger partial charge on any atom is 0.184 e. The van der Waals surface area contributed by atoms with Crippen LogP contribution in [0.3, 0.4) is 0 Å². The lowest BCUT2D eigenvalue weighted by molar-refractivity contribution is 0.795. The fourth-order valence-electron chi connectivity index (χ4n) is 0.656. The van der Waals surface area contributed by atoms with Crippen molar-refractivity contribution in [1.29, 1.82) is 0 Å². The van der Waals surface area contributed by atoms with E-state index in [0.29, 0.717) is 5.92 Å². The molecule has 1 rings (SSSR count).